The number of carboxylic acid groups (broad SMARTS) is 2. The summed E-state index contributed by atoms with van der Waals surface area (Å²) in [7, 11) is 0. The maximum Gasteiger partial charge on any atom is 0.326 e. The molecule has 4 N–H and O–H groups in total. The van der Waals surface area contributed by atoms with Crippen LogP contribution in [-0.4, -0.2) is 78.0 Å². The molecule has 21 heavy (non-hydrogen) atoms. The highest BCUT2D eigenvalue weighted by atomic mass is 16.5. The van der Waals surface area contributed by atoms with Crippen LogP contribution in [0.25, 0.3) is 0 Å². The van der Waals surface area contributed by atoms with E-state index >= 15 is 0 Å². The van der Waals surface area contributed by atoms with E-state index in [0.29, 0.717) is 19.8 Å². The van der Waals surface area contributed by atoms with Gasteiger partial charge in [-0.05, 0) is 6.92 Å². The molecule has 120 valence electrons. The van der Waals surface area contributed by atoms with Gasteiger partial charge in [0.15, 0.2) is 0 Å². The minimum absolute atomic E-state index is 0.192. The van der Waals surface area contributed by atoms with Crippen LogP contribution in [0.1, 0.15) is 13.3 Å². The van der Waals surface area contributed by atoms with Crippen molar-refractivity contribution in [1.29, 1.82) is 0 Å². The number of carbonyl (C=O) groups excluding carboxylic acids is 1. The normalized spacial score (nSPS) is 18.5. The van der Waals surface area contributed by atoms with E-state index in [4.69, 9.17) is 14.9 Å². The number of ether oxygens (including phenoxy) is 1. The number of nitrogens with zero attached hydrogens (tertiary/aromatic N) is 1. The van der Waals surface area contributed by atoms with Crippen molar-refractivity contribution in [1.82, 2.24) is 15.5 Å². The van der Waals surface area contributed by atoms with Crippen molar-refractivity contribution in [3.05, 3.63) is 0 Å². The second kappa shape index (κ2) is 8.42. The van der Waals surface area contributed by atoms with Crippen LogP contribution in [0.15, 0.2) is 0 Å². The van der Waals surface area contributed by atoms with Crippen molar-refractivity contribution >= 4 is 18.0 Å². The summed E-state index contributed by atoms with van der Waals surface area (Å²) < 4.78 is 5.22. The lowest BCUT2D eigenvalue weighted by molar-refractivity contribution is -0.145. The fraction of sp³-hybridized carbons (Fsp3) is 0.750. The first-order valence-corrected chi connectivity index (χ1v) is 6.70. The van der Waals surface area contributed by atoms with Crippen LogP contribution in [-0.2, 0) is 14.3 Å². The van der Waals surface area contributed by atoms with E-state index in [-0.39, 0.29) is 6.04 Å². The standard InChI is InChI=1S/C12H21N3O6/c1-8(7-15-2-4-21-5-3-15)13-12(20)14-9(11(18)19)6-10(16)17/h8-9H,2-7H2,1H3,(H,16,17)(H,18,19)(H2,13,14,20)/t8?,9-/m1/s1. The molecule has 2 amide bonds. The van der Waals surface area contributed by atoms with Crippen LogP contribution in [0, 0.1) is 0 Å². The molecule has 1 unspecified atom stereocenters. The van der Waals surface area contributed by atoms with E-state index in [1.165, 1.54) is 0 Å². The van der Waals surface area contributed by atoms with Crippen molar-refractivity contribution in [2.75, 3.05) is 32.8 Å². The van der Waals surface area contributed by atoms with Crippen LogP contribution in [0.3, 0.4) is 0 Å². The maximum absolute atomic E-state index is 11.7. The van der Waals surface area contributed by atoms with Crippen molar-refractivity contribution in [3.63, 3.8) is 0 Å². The summed E-state index contributed by atoms with van der Waals surface area (Å²) >= 11 is 0. The zero-order chi connectivity index (χ0) is 15.8. The Kier molecular flexibility index (Phi) is 6.89. The topological polar surface area (TPSA) is 128 Å². The molecule has 0 spiro atoms. The van der Waals surface area contributed by atoms with Gasteiger partial charge in [-0.2, -0.15) is 0 Å². The third-order valence-corrected chi connectivity index (χ3v) is 3.00. The van der Waals surface area contributed by atoms with E-state index in [9.17, 15) is 14.4 Å². The summed E-state index contributed by atoms with van der Waals surface area (Å²) in [6.45, 7) is 5.28. The van der Waals surface area contributed by atoms with Crippen LogP contribution < -0.4 is 10.6 Å². The molecule has 0 bridgehead atoms. The lowest BCUT2D eigenvalue weighted by atomic mass is 10.2. The lowest BCUT2D eigenvalue weighted by Gasteiger charge is -2.29. The highest BCUT2D eigenvalue weighted by Gasteiger charge is 2.24. The van der Waals surface area contributed by atoms with Gasteiger partial charge in [-0.3, -0.25) is 9.69 Å². The zero-order valence-corrected chi connectivity index (χ0v) is 11.9. The van der Waals surface area contributed by atoms with Crippen LogP contribution in [0.5, 0.6) is 0 Å². The summed E-state index contributed by atoms with van der Waals surface area (Å²) in [4.78, 5) is 35.2. The number of amides is 2. The average Bonchev–Trinajstić information content (AvgIpc) is 2.38. The Morgan fingerprint density at radius 3 is 2.33 bits per heavy atom. The number of aliphatic carboxylic acids is 2. The zero-order valence-electron chi connectivity index (χ0n) is 11.9. The fourth-order valence-electron chi connectivity index (χ4n) is 2.02. The summed E-state index contributed by atoms with van der Waals surface area (Å²) in [5.41, 5.74) is 0. The van der Waals surface area contributed by atoms with Gasteiger partial charge in [0.05, 0.1) is 19.6 Å². The Hall–Kier alpha value is -1.87. The van der Waals surface area contributed by atoms with Crippen molar-refractivity contribution in [2.45, 2.75) is 25.4 Å². The van der Waals surface area contributed by atoms with Gasteiger partial charge < -0.3 is 25.6 Å². The average molecular weight is 303 g/mol. The first kappa shape index (κ1) is 17.2. The molecular weight excluding hydrogens is 282 g/mol. The number of hydrogen-bond acceptors (Lipinski definition) is 5. The highest BCUT2D eigenvalue weighted by molar-refractivity contribution is 5.86. The van der Waals surface area contributed by atoms with Gasteiger partial charge in [0, 0.05) is 25.7 Å². The van der Waals surface area contributed by atoms with Gasteiger partial charge in [0.1, 0.15) is 6.04 Å². The first-order valence-electron chi connectivity index (χ1n) is 6.70. The Labute approximate surface area is 122 Å². The quantitative estimate of drug-likeness (QED) is 0.471. The Morgan fingerprint density at radius 1 is 1.19 bits per heavy atom. The molecule has 9 nitrogen and oxygen atoms in total. The van der Waals surface area contributed by atoms with Crippen molar-refractivity contribution in [3.8, 4) is 0 Å². The Balaban J connectivity index is 2.36. The largest absolute Gasteiger partial charge is 0.481 e. The monoisotopic (exact) mass is 303 g/mol. The predicted molar refractivity (Wildman–Crippen MR) is 72.1 cm³/mol. The number of nitrogens with one attached hydrogen (secondary N) is 2. The third kappa shape index (κ3) is 6.91. The van der Waals surface area contributed by atoms with E-state index in [0.717, 1.165) is 13.1 Å². The molecule has 0 aromatic carbocycles. The number of morpholine rings is 1. The highest BCUT2D eigenvalue weighted by Crippen LogP contribution is 1.99. The summed E-state index contributed by atoms with van der Waals surface area (Å²) in [5, 5.41) is 22.2. The summed E-state index contributed by atoms with van der Waals surface area (Å²) in [5.74, 6) is -2.67. The second-order valence-electron chi connectivity index (χ2n) is 4.92. The van der Waals surface area contributed by atoms with Crippen LogP contribution in [0.4, 0.5) is 4.79 Å². The first-order chi connectivity index (χ1) is 9.88. The van der Waals surface area contributed by atoms with Gasteiger partial charge >= 0.3 is 18.0 Å². The maximum atomic E-state index is 11.7. The molecule has 2 atom stereocenters. The number of rotatable bonds is 7. The molecule has 9 heteroatoms. The molecule has 1 aliphatic rings. The fourth-order valence-corrected chi connectivity index (χ4v) is 2.02. The van der Waals surface area contributed by atoms with Crippen LogP contribution >= 0.6 is 0 Å². The smallest absolute Gasteiger partial charge is 0.326 e. The summed E-state index contributed by atoms with van der Waals surface area (Å²) in [6, 6.07) is -2.33. The number of carboxylic acids is 2. The second-order valence-corrected chi connectivity index (χ2v) is 4.92. The minimum atomic E-state index is -1.45. The molecule has 1 fully saturated rings. The molecule has 1 aliphatic heterocycles. The minimum Gasteiger partial charge on any atom is -0.481 e. The predicted octanol–water partition coefficient (Wildman–Crippen LogP) is -1.07. The third-order valence-electron chi connectivity index (χ3n) is 3.00. The Bertz CT molecular complexity index is 383. The molecule has 1 heterocycles. The molecular formula is C12H21N3O6. The molecule has 0 aromatic heterocycles. The molecule has 0 saturated carbocycles. The van der Waals surface area contributed by atoms with Gasteiger partial charge in [0.25, 0.3) is 0 Å². The van der Waals surface area contributed by atoms with Crippen molar-refractivity contribution < 1.29 is 29.3 Å². The SMILES string of the molecule is CC(CN1CCOCC1)NC(=O)N[C@H](CC(=O)O)C(=O)O. The van der Waals surface area contributed by atoms with Gasteiger partial charge in [-0.15, -0.1) is 0 Å². The van der Waals surface area contributed by atoms with Crippen molar-refractivity contribution in [2.24, 2.45) is 0 Å². The van der Waals surface area contributed by atoms with E-state index < -0.39 is 30.4 Å². The van der Waals surface area contributed by atoms with E-state index in [1.54, 1.807) is 6.92 Å². The van der Waals surface area contributed by atoms with E-state index in [2.05, 4.69) is 15.5 Å². The number of urea groups is 1. The Morgan fingerprint density at radius 2 is 1.81 bits per heavy atom. The van der Waals surface area contributed by atoms with E-state index in [1.807, 2.05) is 0 Å². The molecule has 1 rings (SSSR count). The number of carbonyl (C=O) groups is 3. The molecule has 1 saturated heterocycles. The lowest BCUT2D eigenvalue weighted by Crippen LogP contribution is -2.52. The van der Waals surface area contributed by atoms with Crippen LogP contribution in [0.2, 0.25) is 0 Å². The molecule has 0 radical (unpaired) electrons. The molecule has 0 aliphatic carbocycles. The van der Waals surface area contributed by atoms with Gasteiger partial charge in [-0.1, -0.05) is 0 Å². The summed E-state index contributed by atoms with van der Waals surface area (Å²) in [6.07, 6.45) is -0.666. The van der Waals surface area contributed by atoms with Gasteiger partial charge in [-0.25, -0.2) is 9.59 Å². The molecule has 0 aromatic rings. The number of hydrogen-bond donors (Lipinski definition) is 4. The van der Waals surface area contributed by atoms with Gasteiger partial charge in [0.2, 0.25) is 0 Å².